The molecule has 1 aromatic carbocycles. The molecule has 2 rings (SSSR count). The van der Waals surface area contributed by atoms with E-state index in [0.717, 1.165) is 23.8 Å². The molecular weight excluding hydrogens is 224 g/mol. The molecule has 4 heteroatoms. The fourth-order valence-electron chi connectivity index (χ4n) is 1.39. The van der Waals surface area contributed by atoms with Gasteiger partial charge in [-0.25, -0.2) is 8.78 Å². The van der Waals surface area contributed by atoms with Crippen molar-refractivity contribution in [2.45, 2.75) is 18.9 Å². The zero-order chi connectivity index (χ0) is 12.3. The first-order valence-electron chi connectivity index (χ1n) is 5.63. The summed E-state index contributed by atoms with van der Waals surface area (Å²) in [5.41, 5.74) is 0.820. The van der Waals surface area contributed by atoms with Gasteiger partial charge in [-0.3, -0.25) is 0 Å². The van der Waals surface area contributed by atoms with Gasteiger partial charge in [0, 0.05) is 18.7 Å². The normalized spacial score (nSPS) is 14.7. The molecule has 0 aromatic heterocycles. The van der Waals surface area contributed by atoms with Crippen LogP contribution in [0.3, 0.4) is 0 Å². The van der Waals surface area contributed by atoms with E-state index in [4.69, 9.17) is 4.74 Å². The first-order valence-corrected chi connectivity index (χ1v) is 5.63. The molecule has 1 fully saturated rings. The molecule has 0 amide bonds. The van der Waals surface area contributed by atoms with Crippen LogP contribution in [0.1, 0.15) is 12.8 Å². The molecule has 0 spiro atoms. The van der Waals surface area contributed by atoms with Crippen molar-refractivity contribution in [1.82, 2.24) is 5.32 Å². The molecule has 1 saturated carbocycles. The molecule has 0 saturated heterocycles. The Balaban J connectivity index is 1.79. The Morgan fingerprint density at radius 2 is 2.18 bits per heavy atom. The lowest BCUT2D eigenvalue weighted by Gasteiger charge is -2.10. The first kappa shape index (κ1) is 12.0. The Labute approximate surface area is 99.3 Å². The lowest BCUT2D eigenvalue weighted by atomic mass is 10.3. The summed E-state index contributed by atoms with van der Waals surface area (Å²) >= 11 is 0. The summed E-state index contributed by atoms with van der Waals surface area (Å²) < 4.78 is 31.2. The van der Waals surface area contributed by atoms with E-state index in [0.29, 0.717) is 12.6 Å². The minimum Gasteiger partial charge on any atom is -0.486 e. The Morgan fingerprint density at radius 3 is 2.88 bits per heavy atom. The number of rotatable bonds is 6. The summed E-state index contributed by atoms with van der Waals surface area (Å²) in [6.07, 6.45) is 2.40. The van der Waals surface area contributed by atoms with Gasteiger partial charge in [-0.1, -0.05) is 6.58 Å². The summed E-state index contributed by atoms with van der Waals surface area (Å²) in [4.78, 5) is 0. The van der Waals surface area contributed by atoms with Crippen LogP contribution in [0, 0.1) is 11.6 Å². The zero-order valence-electron chi connectivity index (χ0n) is 9.51. The predicted octanol–water partition coefficient (Wildman–Crippen LogP) is 2.65. The van der Waals surface area contributed by atoms with E-state index < -0.39 is 11.6 Å². The van der Waals surface area contributed by atoms with Gasteiger partial charge in [0.2, 0.25) is 0 Å². The highest BCUT2D eigenvalue weighted by atomic mass is 19.1. The fourth-order valence-corrected chi connectivity index (χ4v) is 1.39. The summed E-state index contributed by atoms with van der Waals surface area (Å²) in [5, 5.41) is 3.27. The molecule has 2 nitrogen and oxygen atoms in total. The number of nitrogens with one attached hydrogen (secondary N) is 1. The van der Waals surface area contributed by atoms with Gasteiger partial charge in [0.25, 0.3) is 0 Å². The van der Waals surface area contributed by atoms with E-state index in [1.165, 1.54) is 12.8 Å². The van der Waals surface area contributed by atoms with E-state index >= 15 is 0 Å². The molecule has 0 aliphatic heterocycles. The standard InChI is InChI=1S/C13H15F2NO/c1-9(7-16-11-3-4-11)8-17-13-6-10(14)2-5-12(13)15/h2,5-6,11,16H,1,3-4,7-8H2. The molecule has 0 atom stereocenters. The summed E-state index contributed by atoms with van der Waals surface area (Å²) in [7, 11) is 0. The molecule has 0 radical (unpaired) electrons. The second-order valence-electron chi connectivity index (χ2n) is 4.27. The molecule has 1 aliphatic rings. The molecule has 0 bridgehead atoms. The van der Waals surface area contributed by atoms with Crippen molar-refractivity contribution in [3.63, 3.8) is 0 Å². The lowest BCUT2D eigenvalue weighted by Crippen LogP contribution is -2.21. The molecule has 0 unspecified atom stereocenters. The lowest BCUT2D eigenvalue weighted by molar-refractivity contribution is 0.326. The minimum absolute atomic E-state index is 0.0717. The molecule has 1 aromatic rings. The molecule has 1 N–H and O–H groups in total. The van der Waals surface area contributed by atoms with Crippen LogP contribution in [0.25, 0.3) is 0 Å². The highest BCUT2D eigenvalue weighted by Gasteiger charge is 2.20. The third-order valence-electron chi connectivity index (χ3n) is 2.54. The van der Waals surface area contributed by atoms with Gasteiger partial charge in [0.15, 0.2) is 11.6 Å². The van der Waals surface area contributed by atoms with Crippen LogP contribution in [-0.4, -0.2) is 19.2 Å². The minimum atomic E-state index is -0.561. The second kappa shape index (κ2) is 5.27. The zero-order valence-corrected chi connectivity index (χ0v) is 9.51. The third-order valence-corrected chi connectivity index (χ3v) is 2.54. The van der Waals surface area contributed by atoms with Crippen molar-refractivity contribution in [2.24, 2.45) is 0 Å². The molecule has 92 valence electrons. The van der Waals surface area contributed by atoms with Gasteiger partial charge in [-0.2, -0.15) is 0 Å². The average Bonchev–Trinajstić information content (AvgIpc) is 3.11. The number of ether oxygens (including phenoxy) is 1. The molecule has 17 heavy (non-hydrogen) atoms. The van der Waals surface area contributed by atoms with E-state index in [1.807, 2.05) is 0 Å². The summed E-state index contributed by atoms with van der Waals surface area (Å²) in [5.74, 6) is -1.14. The van der Waals surface area contributed by atoms with Crippen molar-refractivity contribution in [1.29, 1.82) is 0 Å². The Bertz CT molecular complexity index is 416. The van der Waals surface area contributed by atoms with Crippen LogP contribution in [0.4, 0.5) is 8.78 Å². The number of halogens is 2. The maximum absolute atomic E-state index is 13.2. The van der Waals surface area contributed by atoms with Crippen LogP contribution in [-0.2, 0) is 0 Å². The summed E-state index contributed by atoms with van der Waals surface area (Å²) in [6, 6.07) is 3.75. The smallest absolute Gasteiger partial charge is 0.165 e. The fraction of sp³-hybridized carbons (Fsp3) is 0.385. The van der Waals surface area contributed by atoms with Gasteiger partial charge in [0.1, 0.15) is 12.4 Å². The van der Waals surface area contributed by atoms with Crippen molar-refractivity contribution in [3.05, 3.63) is 42.0 Å². The van der Waals surface area contributed by atoms with Gasteiger partial charge in [-0.15, -0.1) is 0 Å². The number of benzene rings is 1. The van der Waals surface area contributed by atoms with E-state index in [-0.39, 0.29) is 12.4 Å². The second-order valence-corrected chi connectivity index (χ2v) is 4.27. The first-order chi connectivity index (χ1) is 8.15. The van der Waals surface area contributed by atoms with Crippen molar-refractivity contribution in [2.75, 3.05) is 13.2 Å². The largest absolute Gasteiger partial charge is 0.486 e. The third kappa shape index (κ3) is 3.82. The Morgan fingerprint density at radius 1 is 1.41 bits per heavy atom. The monoisotopic (exact) mass is 239 g/mol. The van der Waals surface area contributed by atoms with E-state index in [1.54, 1.807) is 0 Å². The van der Waals surface area contributed by atoms with Crippen molar-refractivity contribution in [3.8, 4) is 5.75 Å². The van der Waals surface area contributed by atoms with Gasteiger partial charge < -0.3 is 10.1 Å². The van der Waals surface area contributed by atoms with Crippen LogP contribution < -0.4 is 10.1 Å². The maximum Gasteiger partial charge on any atom is 0.165 e. The molecular formula is C13H15F2NO. The van der Waals surface area contributed by atoms with Crippen LogP contribution >= 0.6 is 0 Å². The molecule has 0 heterocycles. The average molecular weight is 239 g/mol. The highest BCUT2D eigenvalue weighted by molar-refractivity contribution is 5.25. The Kier molecular flexibility index (Phi) is 3.74. The quantitative estimate of drug-likeness (QED) is 0.770. The number of hydrogen-bond acceptors (Lipinski definition) is 2. The topological polar surface area (TPSA) is 21.3 Å². The summed E-state index contributed by atoms with van der Waals surface area (Å²) in [6.45, 7) is 4.67. The SMILES string of the molecule is C=C(CNC1CC1)COc1cc(F)ccc1F. The van der Waals surface area contributed by atoms with Gasteiger partial charge in [0.05, 0.1) is 0 Å². The Hall–Kier alpha value is -1.42. The van der Waals surface area contributed by atoms with Crippen molar-refractivity contribution < 1.29 is 13.5 Å². The highest BCUT2D eigenvalue weighted by Crippen LogP contribution is 2.20. The van der Waals surface area contributed by atoms with Crippen LogP contribution in [0.5, 0.6) is 5.75 Å². The van der Waals surface area contributed by atoms with Gasteiger partial charge in [-0.05, 0) is 30.5 Å². The molecule has 1 aliphatic carbocycles. The van der Waals surface area contributed by atoms with Crippen LogP contribution in [0.15, 0.2) is 30.4 Å². The van der Waals surface area contributed by atoms with E-state index in [9.17, 15) is 8.78 Å². The van der Waals surface area contributed by atoms with Crippen molar-refractivity contribution >= 4 is 0 Å². The number of hydrogen-bond donors (Lipinski definition) is 1. The maximum atomic E-state index is 13.2. The van der Waals surface area contributed by atoms with Gasteiger partial charge >= 0.3 is 0 Å². The predicted molar refractivity (Wildman–Crippen MR) is 62.0 cm³/mol. The van der Waals surface area contributed by atoms with Crippen LogP contribution in [0.2, 0.25) is 0 Å². The van der Waals surface area contributed by atoms with E-state index in [2.05, 4.69) is 11.9 Å².